The molecule has 0 aliphatic rings. The molecule has 0 saturated heterocycles. The van der Waals surface area contributed by atoms with Gasteiger partial charge in [-0.1, -0.05) is 42.6 Å². The van der Waals surface area contributed by atoms with Crippen molar-refractivity contribution < 1.29 is 8.42 Å². The van der Waals surface area contributed by atoms with Crippen LogP contribution in [0.5, 0.6) is 0 Å². The Morgan fingerprint density at radius 1 is 1.21 bits per heavy atom. The van der Waals surface area contributed by atoms with Crippen molar-refractivity contribution in [2.24, 2.45) is 0 Å². The van der Waals surface area contributed by atoms with Gasteiger partial charge in [0.25, 0.3) is 0 Å². The first kappa shape index (κ1) is 19.1. The summed E-state index contributed by atoms with van der Waals surface area (Å²) < 4.78 is 28.7. The van der Waals surface area contributed by atoms with E-state index in [0.717, 1.165) is 17.7 Å². The number of hydrogen-bond donors (Lipinski definition) is 1. The summed E-state index contributed by atoms with van der Waals surface area (Å²) in [6, 6.07) is 5.31. The number of sulfonamides is 1. The summed E-state index contributed by atoms with van der Waals surface area (Å²) in [5, 5.41) is 5.54. The molecule has 0 bridgehead atoms. The molecule has 0 saturated carbocycles. The van der Waals surface area contributed by atoms with Crippen LogP contribution in [0.25, 0.3) is 0 Å². The molecule has 0 fully saturated rings. The van der Waals surface area contributed by atoms with Crippen LogP contribution in [0.4, 0.5) is 5.69 Å². The minimum Gasteiger partial charge on any atom is -0.280 e. The highest BCUT2D eigenvalue weighted by Crippen LogP contribution is 2.27. The quantitative estimate of drug-likeness (QED) is 0.762. The second-order valence-corrected chi connectivity index (χ2v) is 8.33. The molecule has 0 aliphatic heterocycles. The van der Waals surface area contributed by atoms with Crippen molar-refractivity contribution in [1.29, 1.82) is 0 Å². The molecule has 1 aromatic carbocycles. The lowest BCUT2D eigenvalue weighted by Crippen LogP contribution is -2.17. The van der Waals surface area contributed by atoms with Crippen LogP contribution in [-0.2, 0) is 16.6 Å². The topological polar surface area (TPSA) is 64.0 Å². The van der Waals surface area contributed by atoms with E-state index >= 15 is 0 Å². The van der Waals surface area contributed by atoms with E-state index in [4.69, 9.17) is 23.2 Å². The number of unbranched alkanes of at least 4 members (excludes halogenated alkanes) is 1. The van der Waals surface area contributed by atoms with E-state index in [2.05, 4.69) is 9.82 Å². The van der Waals surface area contributed by atoms with Gasteiger partial charge in [0, 0.05) is 15.6 Å². The highest BCUT2D eigenvalue weighted by Gasteiger charge is 2.18. The predicted octanol–water partition coefficient (Wildman–Crippen LogP) is 4.40. The van der Waals surface area contributed by atoms with Gasteiger partial charge in [-0.25, -0.2) is 8.42 Å². The van der Waals surface area contributed by atoms with Gasteiger partial charge in [-0.05, 0) is 32.4 Å². The van der Waals surface area contributed by atoms with Gasteiger partial charge >= 0.3 is 0 Å². The van der Waals surface area contributed by atoms with E-state index in [1.54, 1.807) is 29.8 Å². The van der Waals surface area contributed by atoms with Crippen LogP contribution in [-0.4, -0.2) is 24.0 Å². The molecule has 132 valence electrons. The number of benzene rings is 1. The third kappa shape index (κ3) is 4.43. The van der Waals surface area contributed by atoms with Crippen molar-refractivity contribution in [2.45, 2.75) is 40.2 Å². The second-order valence-electron chi connectivity index (χ2n) is 5.68. The number of aromatic nitrogens is 2. The maximum Gasteiger partial charge on any atom is 0.232 e. The standard InChI is InChI=1S/C16H21Cl2N3O2S/c1-4-5-9-24(22,23)20-16-11(2)19-21(12(16)3)10-13-14(17)7-6-8-15(13)18/h6-8,20H,4-5,9-10H2,1-3H3. The van der Waals surface area contributed by atoms with Gasteiger partial charge in [0.2, 0.25) is 10.0 Å². The summed E-state index contributed by atoms with van der Waals surface area (Å²) >= 11 is 12.4. The van der Waals surface area contributed by atoms with Crippen molar-refractivity contribution in [3.63, 3.8) is 0 Å². The summed E-state index contributed by atoms with van der Waals surface area (Å²) in [5.41, 5.74) is 2.63. The lowest BCUT2D eigenvalue weighted by molar-refractivity contribution is 0.597. The molecule has 1 aromatic heterocycles. The first-order valence-corrected chi connectivity index (χ1v) is 10.1. The number of nitrogens with zero attached hydrogens (tertiary/aromatic N) is 2. The van der Waals surface area contributed by atoms with Crippen molar-refractivity contribution in [3.8, 4) is 0 Å². The Kier molecular flexibility index (Phi) is 6.17. The van der Waals surface area contributed by atoms with Crippen molar-refractivity contribution in [2.75, 3.05) is 10.5 Å². The Balaban J connectivity index is 2.29. The maximum absolute atomic E-state index is 12.1. The summed E-state index contributed by atoms with van der Waals surface area (Å²) in [7, 11) is -3.37. The van der Waals surface area contributed by atoms with E-state index in [0.29, 0.717) is 34.4 Å². The summed E-state index contributed by atoms with van der Waals surface area (Å²) in [6.45, 7) is 5.93. The van der Waals surface area contributed by atoms with Crippen LogP contribution in [0.3, 0.4) is 0 Å². The second kappa shape index (κ2) is 7.76. The van der Waals surface area contributed by atoms with E-state index in [1.807, 2.05) is 13.8 Å². The molecule has 0 amide bonds. The molecule has 5 nitrogen and oxygen atoms in total. The zero-order valence-corrected chi connectivity index (χ0v) is 16.3. The van der Waals surface area contributed by atoms with Crippen LogP contribution in [0.15, 0.2) is 18.2 Å². The minimum atomic E-state index is -3.37. The number of anilines is 1. The Hall–Kier alpha value is -1.24. The van der Waals surface area contributed by atoms with Crippen LogP contribution in [0.1, 0.15) is 36.7 Å². The average Bonchev–Trinajstić information content (AvgIpc) is 2.76. The third-order valence-electron chi connectivity index (χ3n) is 3.78. The molecule has 0 spiro atoms. The van der Waals surface area contributed by atoms with Gasteiger partial charge in [-0.2, -0.15) is 5.10 Å². The Bertz CT molecular complexity index is 812. The Morgan fingerprint density at radius 3 is 2.42 bits per heavy atom. The molecular weight excluding hydrogens is 369 g/mol. The molecule has 0 atom stereocenters. The molecule has 0 radical (unpaired) electrons. The van der Waals surface area contributed by atoms with E-state index in [-0.39, 0.29) is 5.75 Å². The number of halogens is 2. The van der Waals surface area contributed by atoms with Crippen LogP contribution < -0.4 is 4.72 Å². The number of rotatable bonds is 7. The smallest absolute Gasteiger partial charge is 0.232 e. The van der Waals surface area contributed by atoms with Crippen molar-refractivity contribution >= 4 is 38.9 Å². The fraction of sp³-hybridized carbons (Fsp3) is 0.438. The van der Waals surface area contributed by atoms with Crippen LogP contribution in [0, 0.1) is 13.8 Å². The normalized spacial score (nSPS) is 11.7. The highest BCUT2D eigenvalue weighted by atomic mass is 35.5. The van der Waals surface area contributed by atoms with E-state index in [9.17, 15) is 8.42 Å². The number of aryl methyl sites for hydroxylation is 1. The summed E-state index contributed by atoms with van der Waals surface area (Å²) in [5.74, 6) is 0.101. The van der Waals surface area contributed by atoms with Crippen LogP contribution in [0.2, 0.25) is 10.0 Å². The first-order chi connectivity index (χ1) is 11.2. The largest absolute Gasteiger partial charge is 0.280 e. The molecule has 8 heteroatoms. The Morgan fingerprint density at radius 2 is 1.83 bits per heavy atom. The molecule has 0 aliphatic carbocycles. The highest BCUT2D eigenvalue weighted by molar-refractivity contribution is 7.92. The first-order valence-electron chi connectivity index (χ1n) is 7.72. The monoisotopic (exact) mass is 389 g/mol. The van der Waals surface area contributed by atoms with E-state index in [1.165, 1.54) is 0 Å². The van der Waals surface area contributed by atoms with Gasteiger partial charge < -0.3 is 0 Å². The fourth-order valence-corrected chi connectivity index (χ4v) is 4.27. The average molecular weight is 390 g/mol. The summed E-state index contributed by atoms with van der Waals surface area (Å²) in [6.07, 6.45) is 1.44. The van der Waals surface area contributed by atoms with E-state index < -0.39 is 10.0 Å². The zero-order chi connectivity index (χ0) is 17.9. The van der Waals surface area contributed by atoms with Crippen molar-refractivity contribution in [1.82, 2.24) is 9.78 Å². The lowest BCUT2D eigenvalue weighted by atomic mass is 10.2. The number of hydrogen-bond acceptors (Lipinski definition) is 3. The Labute approximate surface area is 153 Å². The van der Waals surface area contributed by atoms with Crippen molar-refractivity contribution in [3.05, 3.63) is 45.2 Å². The molecule has 24 heavy (non-hydrogen) atoms. The fourth-order valence-electron chi connectivity index (χ4n) is 2.37. The molecular formula is C16H21Cl2N3O2S. The zero-order valence-electron chi connectivity index (χ0n) is 13.9. The molecule has 2 aromatic rings. The van der Waals surface area contributed by atoms with Gasteiger partial charge in [-0.3, -0.25) is 9.40 Å². The third-order valence-corrected chi connectivity index (χ3v) is 5.82. The van der Waals surface area contributed by atoms with Gasteiger partial charge in [0.15, 0.2) is 0 Å². The summed E-state index contributed by atoms with van der Waals surface area (Å²) in [4.78, 5) is 0. The maximum atomic E-state index is 12.1. The van der Waals surface area contributed by atoms with Gasteiger partial charge in [0.1, 0.15) is 0 Å². The number of nitrogens with one attached hydrogen (secondary N) is 1. The molecule has 0 unspecified atom stereocenters. The predicted molar refractivity (Wildman–Crippen MR) is 99.6 cm³/mol. The van der Waals surface area contributed by atoms with Gasteiger partial charge in [-0.15, -0.1) is 0 Å². The molecule has 1 N–H and O–H groups in total. The molecule has 1 heterocycles. The molecule has 2 rings (SSSR count). The van der Waals surface area contributed by atoms with Gasteiger partial charge in [0.05, 0.1) is 29.4 Å². The lowest BCUT2D eigenvalue weighted by Gasteiger charge is -2.10. The van der Waals surface area contributed by atoms with Crippen LogP contribution >= 0.6 is 23.2 Å². The minimum absolute atomic E-state index is 0.101. The SMILES string of the molecule is CCCCS(=O)(=O)Nc1c(C)nn(Cc2c(Cl)cccc2Cl)c1C.